The summed E-state index contributed by atoms with van der Waals surface area (Å²) < 4.78 is 0. The topological polar surface area (TPSA) is 73.0 Å². The van der Waals surface area contributed by atoms with Crippen LogP contribution in [0.15, 0.2) is 67.0 Å². The first-order chi connectivity index (χ1) is 16.1. The van der Waals surface area contributed by atoms with Crippen LogP contribution in [0.1, 0.15) is 11.1 Å². The zero-order valence-corrected chi connectivity index (χ0v) is 19.1. The van der Waals surface area contributed by atoms with Gasteiger partial charge in [-0.05, 0) is 37.7 Å². The summed E-state index contributed by atoms with van der Waals surface area (Å²) in [6.07, 6.45) is 3.66. The molecule has 0 amide bonds. The normalized spacial score (nSPS) is 15.0. The first-order valence-corrected chi connectivity index (χ1v) is 11.4. The molecule has 0 spiro atoms. The maximum absolute atomic E-state index is 4.74. The number of H-pyrrole nitrogens is 1. The van der Waals surface area contributed by atoms with Crippen LogP contribution in [0, 0.1) is 6.92 Å². The minimum absolute atomic E-state index is 0.565. The molecule has 1 saturated heterocycles. The Morgan fingerprint density at radius 2 is 1.70 bits per heavy atom. The summed E-state index contributed by atoms with van der Waals surface area (Å²) in [5.74, 6) is 0.565. The Labute approximate surface area is 194 Å². The molecule has 1 fully saturated rings. The number of piperazine rings is 1. The van der Waals surface area contributed by atoms with Crippen LogP contribution in [0.25, 0.3) is 22.5 Å². The second-order valence-corrected chi connectivity index (χ2v) is 8.68. The van der Waals surface area contributed by atoms with E-state index in [1.807, 2.05) is 12.3 Å². The number of benzene rings is 2. The molecule has 168 valence electrons. The van der Waals surface area contributed by atoms with Crippen LogP contribution in [0.4, 0.5) is 11.6 Å². The number of nitrogens with zero attached hydrogens (tertiary/aromatic N) is 5. The van der Waals surface area contributed by atoms with Crippen molar-refractivity contribution < 1.29 is 0 Å². The number of hydrogen-bond acceptors (Lipinski definition) is 6. The molecule has 0 unspecified atom stereocenters. The molecular formula is C26H29N7. The van der Waals surface area contributed by atoms with Gasteiger partial charge in [0.05, 0.1) is 5.69 Å². The molecule has 7 nitrogen and oxygen atoms in total. The molecule has 1 aliphatic heterocycles. The smallest absolute Gasteiger partial charge is 0.227 e. The second-order valence-electron chi connectivity index (χ2n) is 8.68. The highest BCUT2D eigenvalue weighted by Gasteiger charge is 2.14. The molecule has 2 aromatic heterocycles. The summed E-state index contributed by atoms with van der Waals surface area (Å²) in [7, 11) is 2.19. The molecule has 1 aliphatic rings. The Hall–Kier alpha value is -3.55. The number of rotatable bonds is 6. The SMILES string of the molecule is Cc1ccc(-c2n[nH]cc2-c2ccnc(Nc3ccc(CN4CCN(C)CC4)cc3)n2)cc1. The van der Waals surface area contributed by atoms with Gasteiger partial charge in [0.15, 0.2) is 0 Å². The highest BCUT2D eigenvalue weighted by atomic mass is 15.2. The Balaban J connectivity index is 1.29. The van der Waals surface area contributed by atoms with E-state index < -0.39 is 0 Å². The fourth-order valence-corrected chi connectivity index (χ4v) is 4.07. The average Bonchev–Trinajstić information content (AvgIpc) is 3.33. The molecular weight excluding hydrogens is 410 g/mol. The third kappa shape index (κ3) is 5.10. The number of aromatic amines is 1. The number of aromatic nitrogens is 4. The lowest BCUT2D eigenvalue weighted by molar-refractivity contribution is 0.148. The molecule has 0 atom stereocenters. The molecule has 5 rings (SSSR count). The van der Waals surface area contributed by atoms with Crippen LogP contribution in [0.3, 0.4) is 0 Å². The summed E-state index contributed by atoms with van der Waals surface area (Å²) in [5, 5.41) is 10.8. The molecule has 0 saturated carbocycles. The first-order valence-electron chi connectivity index (χ1n) is 11.4. The van der Waals surface area contributed by atoms with Gasteiger partial charge in [0.1, 0.15) is 5.69 Å². The van der Waals surface area contributed by atoms with Gasteiger partial charge < -0.3 is 10.2 Å². The Bertz CT molecular complexity index is 1190. The van der Waals surface area contributed by atoms with Crippen LogP contribution in [0.2, 0.25) is 0 Å². The molecule has 2 aromatic carbocycles. The Morgan fingerprint density at radius 3 is 2.45 bits per heavy atom. The number of aryl methyl sites for hydroxylation is 1. The van der Waals surface area contributed by atoms with Crippen molar-refractivity contribution in [1.82, 2.24) is 30.0 Å². The molecule has 0 bridgehead atoms. The quantitative estimate of drug-likeness (QED) is 0.466. The molecule has 7 heteroatoms. The fraction of sp³-hybridized carbons (Fsp3) is 0.269. The lowest BCUT2D eigenvalue weighted by Crippen LogP contribution is -2.43. The van der Waals surface area contributed by atoms with E-state index in [1.165, 1.54) is 11.1 Å². The number of likely N-dealkylation sites (N-methyl/N-ethyl adjacent to an activating group) is 1. The zero-order valence-electron chi connectivity index (χ0n) is 19.1. The largest absolute Gasteiger partial charge is 0.324 e. The van der Waals surface area contributed by atoms with Gasteiger partial charge in [0.25, 0.3) is 0 Å². The van der Waals surface area contributed by atoms with Crippen LogP contribution in [0.5, 0.6) is 0 Å². The van der Waals surface area contributed by atoms with Crippen molar-refractivity contribution in [3.63, 3.8) is 0 Å². The maximum Gasteiger partial charge on any atom is 0.227 e. The average molecular weight is 440 g/mol. The van der Waals surface area contributed by atoms with Crippen molar-refractivity contribution in [2.45, 2.75) is 13.5 Å². The molecule has 0 aliphatic carbocycles. The Morgan fingerprint density at radius 1 is 0.939 bits per heavy atom. The van der Waals surface area contributed by atoms with Gasteiger partial charge >= 0.3 is 0 Å². The monoisotopic (exact) mass is 439 g/mol. The van der Waals surface area contributed by atoms with Crippen molar-refractivity contribution >= 4 is 11.6 Å². The van der Waals surface area contributed by atoms with E-state index in [4.69, 9.17) is 4.98 Å². The first kappa shape index (κ1) is 21.3. The van der Waals surface area contributed by atoms with Gasteiger partial charge in [-0.15, -0.1) is 0 Å². The summed E-state index contributed by atoms with van der Waals surface area (Å²) >= 11 is 0. The van der Waals surface area contributed by atoms with Gasteiger partial charge in [0, 0.05) is 61.9 Å². The predicted molar refractivity (Wildman–Crippen MR) is 132 cm³/mol. The lowest BCUT2D eigenvalue weighted by atomic mass is 10.0. The minimum atomic E-state index is 0.565. The van der Waals surface area contributed by atoms with Gasteiger partial charge in [0.2, 0.25) is 5.95 Å². The predicted octanol–water partition coefficient (Wildman–Crippen LogP) is 4.33. The molecule has 2 N–H and O–H groups in total. The number of hydrogen-bond donors (Lipinski definition) is 2. The minimum Gasteiger partial charge on any atom is -0.324 e. The third-order valence-electron chi connectivity index (χ3n) is 6.11. The third-order valence-corrected chi connectivity index (χ3v) is 6.11. The summed E-state index contributed by atoms with van der Waals surface area (Å²) in [5.41, 5.74) is 7.23. The van der Waals surface area contributed by atoms with E-state index in [-0.39, 0.29) is 0 Å². The summed E-state index contributed by atoms with van der Waals surface area (Å²) in [6, 6.07) is 18.8. The highest BCUT2D eigenvalue weighted by molar-refractivity contribution is 5.78. The summed E-state index contributed by atoms with van der Waals surface area (Å²) in [6.45, 7) is 7.58. The maximum atomic E-state index is 4.74. The van der Waals surface area contributed by atoms with Crippen LogP contribution in [-0.4, -0.2) is 63.2 Å². The van der Waals surface area contributed by atoms with Crippen molar-refractivity contribution in [1.29, 1.82) is 0 Å². The van der Waals surface area contributed by atoms with E-state index in [0.29, 0.717) is 5.95 Å². The van der Waals surface area contributed by atoms with Crippen LogP contribution < -0.4 is 5.32 Å². The molecule has 3 heterocycles. The van der Waals surface area contributed by atoms with Gasteiger partial charge in [-0.25, -0.2) is 9.97 Å². The van der Waals surface area contributed by atoms with Crippen LogP contribution in [-0.2, 0) is 6.54 Å². The number of anilines is 2. The molecule has 33 heavy (non-hydrogen) atoms. The van der Waals surface area contributed by atoms with E-state index in [0.717, 1.165) is 60.9 Å². The zero-order chi connectivity index (χ0) is 22.6. The van der Waals surface area contributed by atoms with Crippen molar-refractivity contribution in [3.8, 4) is 22.5 Å². The lowest BCUT2D eigenvalue weighted by Gasteiger charge is -2.32. The standard InChI is InChI=1S/C26H29N7/c1-19-3-7-21(8-4-19)25-23(17-28-31-25)24-11-12-27-26(30-24)29-22-9-5-20(6-10-22)18-33-15-13-32(2)14-16-33/h3-12,17H,13-16,18H2,1-2H3,(H,28,31)(H,27,29,30). The van der Waals surface area contributed by atoms with E-state index in [1.54, 1.807) is 6.20 Å². The summed E-state index contributed by atoms with van der Waals surface area (Å²) in [4.78, 5) is 14.0. The van der Waals surface area contributed by atoms with Crippen molar-refractivity contribution in [3.05, 3.63) is 78.1 Å². The van der Waals surface area contributed by atoms with Gasteiger partial charge in [-0.1, -0.05) is 42.0 Å². The molecule has 0 radical (unpaired) electrons. The van der Waals surface area contributed by atoms with Gasteiger partial charge in [-0.3, -0.25) is 10.00 Å². The van der Waals surface area contributed by atoms with Crippen molar-refractivity contribution in [2.24, 2.45) is 0 Å². The van der Waals surface area contributed by atoms with E-state index in [2.05, 4.69) is 92.8 Å². The van der Waals surface area contributed by atoms with Crippen LogP contribution >= 0.6 is 0 Å². The van der Waals surface area contributed by atoms with Crippen molar-refractivity contribution in [2.75, 3.05) is 38.5 Å². The van der Waals surface area contributed by atoms with E-state index >= 15 is 0 Å². The van der Waals surface area contributed by atoms with E-state index in [9.17, 15) is 0 Å². The second kappa shape index (κ2) is 9.52. The van der Waals surface area contributed by atoms with Gasteiger partial charge in [-0.2, -0.15) is 5.10 Å². The fourth-order valence-electron chi connectivity index (χ4n) is 4.07. The Kier molecular flexibility index (Phi) is 6.15. The molecule has 4 aromatic rings. The number of nitrogens with one attached hydrogen (secondary N) is 2. The highest BCUT2D eigenvalue weighted by Crippen LogP contribution is 2.29.